The van der Waals surface area contributed by atoms with Crippen LogP contribution in [0.2, 0.25) is 0 Å². The summed E-state index contributed by atoms with van der Waals surface area (Å²) < 4.78 is 0. The van der Waals surface area contributed by atoms with Crippen molar-refractivity contribution in [3.63, 3.8) is 0 Å². The fourth-order valence-electron chi connectivity index (χ4n) is 3.28. The first-order chi connectivity index (χ1) is 13.3. The van der Waals surface area contributed by atoms with Crippen LogP contribution in [-0.4, -0.2) is 62.2 Å². The number of pyridine rings is 1. The van der Waals surface area contributed by atoms with E-state index in [0.717, 1.165) is 57.3 Å². The fourth-order valence-corrected chi connectivity index (χ4v) is 3.28. The number of para-hydroxylation sites is 1. The van der Waals surface area contributed by atoms with Crippen molar-refractivity contribution in [2.24, 2.45) is 4.99 Å². The number of guanidine groups is 1. The summed E-state index contributed by atoms with van der Waals surface area (Å²) in [6.45, 7) is 7.17. The Balaban J connectivity index is 0.00000280. The average Bonchev–Trinajstić information content (AvgIpc) is 2.75. The van der Waals surface area contributed by atoms with E-state index < -0.39 is 0 Å². The summed E-state index contributed by atoms with van der Waals surface area (Å²) in [4.78, 5) is 13.6. The molecule has 0 bridgehead atoms. The van der Waals surface area contributed by atoms with Gasteiger partial charge >= 0.3 is 0 Å². The molecular weight excluding hydrogens is 463 g/mol. The molecule has 0 unspecified atom stereocenters. The Hall–Kier alpha value is -1.87. The van der Waals surface area contributed by atoms with Gasteiger partial charge in [0.15, 0.2) is 5.96 Å². The molecule has 6 nitrogen and oxygen atoms in total. The second-order valence-corrected chi connectivity index (χ2v) is 6.69. The Morgan fingerprint density at radius 2 is 1.75 bits per heavy atom. The summed E-state index contributed by atoms with van der Waals surface area (Å²) in [6, 6.07) is 16.6. The molecule has 0 radical (unpaired) electrons. The molecule has 2 N–H and O–H groups in total. The molecule has 1 saturated heterocycles. The number of anilines is 1. The maximum atomic E-state index is 4.31. The number of benzene rings is 1. The smallest absolute Gasteiger partial charge is 0.191 e. The molecule has 0 amide bonds. The van der Waals surface area contributed by atoms with Gasteiger partial charge < -0.3 is 15.5 Å². The maximum Gasteiger partial charge on any atom is 0.191 e. The number of hydrogen-bond donors (Lipinski definition) is 2. The molecule has 1 aliphatic heterocycles. The fraction of sp³-hybridized carbons (Fsp3) is 0.429. The molecule has 2 heterocycles. The van der Waals surface area contributed by atoms with E-state index in [-0.39, 0.29) is 24.0 Å². The molecule has 1 fully saturated rings. The van der Waals surface area contributed by atoms with Gasteiger partial charge in [-0.2, -0.15) is 0 Å². The number of nitrogens with zero attached hydrogens (tertiary/aromatic N) is 4. The van der Waals surface area contributed by atoms with Crippen molar-refractivity contribution >= 4 is 35.6 Å². The van der Waals surface area contributed by atoms with Gasteiger partial charge in [0.25, 0.3) is 0 Å². The molecule has 3 rings (SSSR count). The molecule has 1 aliphatic rings. The van der Waals surface area contributed by atoms with E-state index in [9.17, 15) is 0 Å². The van der Waals surface area contributed by atoms with Gasteiger partial charge in [0.1, 0.15) is 0 Å². The van der Waals surface area contributed by atoms with Crippen molar-refractivity contribution in [3.8, 4) is 0 Å². The van der Waals surface area contributed by atoms with Crippen molar-refractivity contribution in [1.29, 1.82) is 0 Å². The Morgan fingerprint density at radius 1 is 1.00 bits per heavy atom. The van der Waals surface area contributed by atoms with Gasteiger partial charge in [-0.05, 0) is 37.2 Å². The minimum absolute atomic E-state index is 0. The first-order valence-electron chi connectivity index (χ1n) is 9.72. The van der Waals surface area contributed by atoms with E-state index in [0.29, 0.717) is 6.54 Å². The van der Waals surface area contributed by atoms with Crippen LogP contribution in [0.3, 0.4) is 0 Å². The standard InChI is InChI=1S/C21H30N6.HI/c1-22-21(25-18-19-8-5-6-11-23-19)24-12-7-13-26-14-16-27(17-15-26)20-9-3-2-4-10-20;/h2-6,8-11H,7,12-18H2,1H3,(H2,22,24,25);1H. The van der Waals surface area contributed by atoms with Crippen LogP contribution >= 0.6 is 24.0 Å². The van der Waals surface area contributed by atoms with Crippen LogP contribution in [0.25, 0.3) is 0 Å². The van der Waals surface area contributed by atoms with Crippen LogP contribution in [0.15, 0.2) is 59.7 Å². The Morgan fingerprint density at radius 3 is 2.43 bits per heavy atom. The van der Waals surface area contributed by atoms with Crippen molar-refractivity contribution < 1.29 is 0 Å². The summed E-state index contributed by atoms with van der Waals surface area (Å²) in [5.41, 5.74) is 2.35. The van der Waals surface area contributed by atoms with Crippen molar-refractivity contribution in [2.75, 3.05) is 51.2 Å². The molecule has 0 atom stereocenters. The summed E-state index contributed by atoms with van der Waals surface area (Å²) in [5, 5.41) is 6.69. The Labute approximate surface area is 185 Å². The molecule has 28 heavy (non-hydrogen) atoms. The van der Waals surface area contributed by atoms with E-state index in [1.165, 1.54) is 5.69 Å². The van der Waals surface area contributed by atoms with E-state index in [1.807, 2.05) is 24.4 Å². The molecule has 0 spiro atoms. The molecule has 7 heteroatoms. The monoisotopic (exact) mass is 494 g/mol. The number of rotatable bonds is 7. The lowest BCUT2D eigenvalue weighted by atomic mass is 10.2. The van der Waals surface area contributed by atoms with Crippen LogP contribution in [0.1, 0.15) is 12.1 Å². The van der Waals surface area contributed by atoms with E-state index in [2.05, 4.69) is 60.7 Å². The van der Waals surface area contributed by atoms with Crippen LogP contribution < -0.4 is 15.5 Å². The molecular formula is C21H31IN6. The highest BCUT2D eigenvalue weighted by Gasteiger charge is 2.16. The summed E-state index contributed by atoms with van der Waals surface area (Å²) in [7, 11) is 1.80. The first kappa shape index (κ1) is 22.4. The summed E-state index contributed by atoms with van der Waals surface area (Å²) in [6.07, 6.45) is 2.92. The highest BCUT2D eigenvalue weighted by atomic mass is 127. The highest BCUT2D eigenvalue weighted by molar-refractivity contribution is 14.0. The second-order valence-electron chi connectivity index (χ2n) is 6.69. The molecule has 0 aliphatic carbocycles. The van der Waals surface area contributed by atoms with E-state index in [4.69, 9.17) is 0 Å². The predicted molar refractivity (Wildman–Crippen MR) is 128 cm³/mol. The van der Waals surface area contributed by atoms with Gasteiger partial charge in [-0.15, -0.1) is 24.0 Å². The number of hydrogen-bond acceptors (Lipinski definition) is 4. The van der Waals surface area contributed by atoms with E-state index in [1.54, 1.807) is 7.05 Å². The van der Waals surface area contributed by atoms with Crippen LogP contribution in [0, 0.1) is 0 Å². The van der Waals surface area contributed by atoms with Crippen LogP contribution in [0.4, 0.5) is 5.69 Å². The molecule has 2 aromatic rings. The summed E-state index contributed by atoms with van der Waals surface area (Å²) >= 11 is 0. The zero-order valence-electron chi connectivity index (χ0n) is 16.6. The second kappa shape index (κ2) is 12.6. The Bertz CT molecular complexity index is 687. The zero-order chi connectivity index (χ0) is 18.7. The highest BCUT2D eigenvalue weighted by Crippen LogP contribution is 2.15. The van der Waals surface area contributed by atoms with Gasteiger partial charge in [0.05, 0.1) is 12.2 Å². The number of halogens is 1. The van der Waals surface area contributed by atoms with Crippen molar-refractivity contribution in [2.45, 2.75) is 13.0 Å². The lowest BCUT2D eigenvalue weighted by Crippen LogP contribution is -2.47. The molecule has 1 aromatic heterocycles. The lowest BCUT2D eigenvalue weighted by Gasteiger charge is -2.36. The lowest BCUT2D eigenvalue weighted by molar-refractivity contribution is 0.255. The van der Waals surface area contributed by atoms with Gasteiger partial charge in [0, 0.05) is 51.7 Å². The zero-order valence-corrected chi connectivity index (χ0v) is 18.9. The number of piperazine rings is 1. The van der Waals surface area contributed by atoms with Crippen molar-refractivity contribution in [1.82, 2.24) is 20.5 Å². The largest absolute Gasteiger partial charge is 0.369 e. The van der Waals surface area contributed by atoms with Crippen LogP contribution in [-0.2, 0) is 6.54 Å². The minimum Gasteiger partial charge on any atom is -0.369 e. The number of aromatic nitrogens is 1. The third kappa shape index (κ3) is 7.27. The van der Waals surface area contributed by atoms with Crippen molar-refractivity contribution in [3.05, 3.63) is 60.4 Å². The van der Waals surface area contributed by atoms with E-state index >= 15 is 0 Å². The van der Waals surface area contributed by atoms with Crippen LogP contribution in [0.5, 0.6) is 0 Å². The maximum absolute atomic E-state index is 4.31. The summed E-state index contributed by atoms with van der Waals surface area (Å²) in [5.74, 6) is 0.828. The predicted octanol–water partition coefficient (Wildman–Crippen LogP) is 2.58. The minimum atomic E-state index is 0. The normalized spacial score (nSPS) is 15.0. The van der Waals surface area contributed by atoms with Gasteiger partial charge in [0.2, 0.25) is 0 Å². The topological polar surface area (TPSA) is 55.8 Å². The Kier molecular flexibility index (Phi) is 10.1. The third-order valence-electron chi connectivity index (χ3n) is 4.82. The number of nitrogens with one attached hydrogen (secondary N) is 2. The first-order valence-corrected chi connectivity index (χ1v) is 9.72. The number of aliphatic imine (C=N–C) groups is 1. The quantitative estimate of drug-likeness (QED) is 0.268. The molecule has 152 valence electrons. The molecule has 0 saturated carbocycles. The SMILES string of the molecule is CN=C(NCCCN1CCN(c2ccccc2)CC1)NCc1ccccn1.I. The molecule has 1 aromatic carbocycles. The van der Waals surface area contributed by atoms with Gasteiger partial charge in [-0.1, -0.05) is 24.3 Å². The van der Waals surface area contributed by atoms with Gasteiger partial charge in [-0.25, -0.2) is 0 Å². The average molecular weight is 494 g/mol. The van der Waals surface area contributed by atoms with Gasteiger partial charge in [-0.3, -0.25) is 14.9 Å². The third-order valence-corrected chi connectivity index (χ3v) is 4.82.